The van der Waals surface area contributed by atoms with Gasteiger partial charge in [0.1, 0.15) is 0 Å². The van der Waals surface area contributed by atoms with Crippen molar-refractivity contribution >= 4 is 52.3 Å². The first-order valence-electron chi connectivity index (χ1n) is 9.04. The van der Waals surface area contributed by atoms with Gasteiger partial charge in [-0.25, -0.2) is 9.97 Å². The summed E-state index contributed by atoms with van der Waals surface area (Å²) >= 11 is 0. The highest BCUT2D eigenvalue weighted by Gasteiger charge is 2.02. The summed E-state index contributed by atoms with van der Waals surface area (Å²) in [7, 11) is 0. The lowest BCUT2D eigenvalue weighted by Gasteiger charge is -1.86. The number of nitrogens with zero attached hydrogens (tertiary/aromatic N) is 2. The van der Waals surface area contributed by atoms with Crippen molar-refractivity contribution in [3.8, 4) is 0 Å². The van der Waals surface area contributed by atoms with E-state index in [1.54, 1.807) is 0 Å². The maximum absolute atomic E-state index is 9.47. The van der Waals surface area contributed by atoms with Gasteiger partial charge in [-0.05, 0) is 78.9 Å². The van der Waals surface area contributed by atoms with E-state index in [9.17, 15) is 4.79 Å². The summed E-state index contributed by atoms with van der Waals surface area (Å²) in [5.74, 6) is -0.481. The average Bonchev–Trinajstić information content (AvgIpc) is 3.47. The van der Waals surface area contributed by atoms with Gasteiger partial charge in [-0.15, -0.1) is 0 Å². The quantitative estimate of drug-likeness (QED) is 0.377. The van der Waals surface area contributed by atoms with Gasteiger partial charge >= 0.3 is 0 Å². The standard InChI is InChI=1S/C20H14N4.C3H5NO/c1-2-14-10-16-5-6-18(23-16)12-20-8-7-19(24-20)11-17-4-3-15(22-17)9-13(1)21-14;1-2-3(4)5/h1-12,21-22H;2H,1H2,(H2,4,5). The van der Waals surface area contributed by atoms with E-state index >= 15 is 0 Å². The lowest BCUT2D eigenvalue weighted by Crippen LogP contribution is -2.04. The molecule has 0 aromatic carbocycles. The molecule has 0 unspecified atom stereocenters. The maximum atomic E-state index is 9.47. The minimum atomic E-state index is -0.481. The molecule has 5 heterocycles. The number of hydrogen-bond donors (Lipinski definition) is 3. The van der Waals surface area contributed by atoms with Gasteiger partial charge in [0.2, 0.25) is 5.91 Å². The number of aromatic nitrogens is 4. The molecule has 1 amide bonds. The SMILES string of the molecule is C1=Cc2cc3ccc(cc4ccc(cc5nc(cc1n2)C=C5)[nH]4)[nH]3.C=CC(N)=O. The number of carbonyl (C=O) groups is 1. The van der Waals surface area contributed by atoms with Crippen LogP contribution in [-0.4, -0.2) is 25.8 Å². The molecule has 29 heavy (non-hydrogen) atoms. The van der Waals surface area contributed by atoms with Crippen molar-refractivity contribution in [2.75, 3.05) is 0 Å². The first-order chi connectivity index (χ1) is 14.1. The Morgan fingerprint density at radius 2 is 1.07 bits per heavy atom. The third-order valence-electron chi connectivity index (χ3n) is 4.24. The van der Waals surface area contributed by atoms with Crippen LogP contribution in [0.25, 0.3) is 46.4 Å². The van der Waals surface area contributed by atoms with E-state index in [1.807, 2.05) is 42.5 Å². The lowest BCUT2D eigenvalue weighted by molar-refractivity contribution is -0.113. The number of carbonyl (C=O) groups excluding carboxylic acids is 1. The molecular formula is C23H19N5O. The number of nitrogens with two attached hydrogens (primary N) is 1. The highest BCUT2D eigenvalue weighted by Crippen LogP contribution is 2.17. The largest absolute Gasteiger partial charge is 0.366 e. The van der Waals surface area contributed by atoms with Crippen LogP contribution in [0.4, 0.5) is 0 Å². The van der Waals surface area contributed by atoms with Crippen LogP contribution in [-0.2, 0) is 4.79 Å². The van der Waals surface area contributed by atoms with E-state index in [0.29, 0.717) is 0 Å². The van der Waals surface area contributed by atoms with Gasteiger partial charge in [0.05, 0.1) is 22.8 Å². The van der Waals surface area contributed by atoms with Crippen LogP contribution in [0.3, 0.4) is 0 Å². The van der Waals surface area contributed by atoms with Crippen LogP contribution < -0.4 is 5.73 Å². The molecule has 2 aliphatic rings. The summed E-state index contributed by atoms with van der Waals surface area (Å²) in [6.45, 7) is 3.09. The Kier molecular flexibility index (Phi) is 4.90. The number of primary amides is 1. The Hall–Kier alpha value is -4.19. The van der Waals surface area contributed by atoms with Crippen LogP contribution in [0.15, 0.2) is 61.2 Å². The molecule has 0 aliphatic carbocycles. The van der Waals surface area contributed by atoms with Crippen molar-refractivity contribution in [3.05, 3.63) is 84.0 Å². The molecule has 0 saturated carbocycles. The number of aromatic amines is 2. The Balaban J connectivity index is 0.000000369. The van der Waals surface area contributed by atoms with Crippen LogP contribution in [0.1, 0.15) is 22.8 Å². The zero-order valence-corrected chi connectivity index (χ0v) is 15.6. The smallest absolute Gasteiger partial charge is 0.240 e. The Morgan fingerprint density at radius 3 is 1.45 bits per heavy atom. The van der Waals surface area contributed by atoms with Crippen molar-refractivity contribution in [3.63, 3.8) is 0 Å². The molecule has 0 radical (unpaired) electrons. The van der Waals surface area contributed by atoms with Gasteiger partial charge in [-0.1, -0.05) is 6.58 Å². The van der Waals surface area contributed by atoms with Gasteiger partial charge in [0.15, 0.2) is 0 Å². The molecule has 6 heteroatoms. The zero-order valence-electron chi connectivity index (χ0n) is 15.6. The van der Waals surface area contributed by atoms with E-state index in [1.165, 1.54) is 0 Å². The van der Waals surface area contributed by atoms with Crippen molar-refractivity contribution in [2.24, 2.45) is 5.73 Å². The number of nitrogens with one attached hydrogen (secondary N) is 2. The monoisotopic (exact) mass is 381 g/mol. The van der Waals surface area contributed by atoms with E-state index in [-0.39, 0.29) is 0 Å². The third-order valence-corrected chi connectivity index (χ3v) is 4.24. The average molecular weight is 381 g/mol. The fourth-order valence-corrected chi connectivity index (χ4v) is 2.94. The molecule has 2 aliphatic heterocycles. The van der Waals surface area contributed by atoms with E-state index in [0.717, 1.165) is 50.9 Å². The van der Waals surface area contributed by atoms with Gasteiger partial charge in [-0.3, -0.25) is 4.79 Å². The lowest BCUT2D eigenvalue weighted by atomic mass is 10.3. The Labute approximate surface area is 167 Å². The number of fused-ring (bicyclic) bond motifs is 8. The summed E-state index contributed by atoms with van der Waals surface area (Å²) in [5, 5.41) is 0. The van der Waals surface area contributed by atoms with Crippen molar-refractivity contribution in [1.29, 1.82) is 0 Å². The molecule has 142 valence electrons. The first-order valence-corrected chi connectivity index (χ1v) is 9.04. The maximum Gasteiger partial charge on any atom is 0.240 e. The molecule has 5 rings (SSSR count). The number of H-pyrrole nitrogens is 2. The summed E-state index contributed by atoms with van der Waals surface area (Å²) < 4.78 is 0. The number of hydrogen-bond acceptors (Lipinski definition) is 3. The summed E-state index contributed by atoms with van der Waals surface area (Å²) in [5.41, 5.74) is 12.4. The van der Waals surface area contributed by atoms with Gasteiger partial charge in [0.25, 0.3) is 0 Å². The fourth-order valence-electron chi connectivity index (χ4n) is 2.94. The number of rotatable bonds is 1. The van der Waals surface area contributed by atoms with Gasteiger partial charge in [-0.2, -0.15) is 0 Å². The minimum Gasteiger partial charge on any atom is -0.366 e. The molecule has 6 nitrogen and oxygen atoms in total. The van der Waals surface area contributed by atoms with Gasteiger partial charge in [0, 0.05) is 22.1 Å². The highest BCUT2D eigenvalue weighted by atomic mass is 16.1. The fraction of sp³-hybridized carbons (Fsp3) is 0. The van der Waals surface area contributed by atoms with Crippen LogP contribution in [0, 0.1) is 0 Å². The van der Waals surface area contributed by atoms with Crippen LogP contribution in [0.2, 0.25) is 0 Å². The van der Waals surface area contributed by atoms with Gasteiger partial charge < -0.3 is 15.7 Å². The molecule has 8 bridgehead atoms. The molecule has 3 aromatic heterocycles. The molecule has 4 N–H and O–H groups in total. The van der Waals surface area contributed by atoms with Crippen LogP contribution in [0.5, 0.6) is 0 Å². The third kappa shape index (κ3) is 4.56. The molecule has 0 saturated heterocycles. The Bertz CT molecular complexity index is 1220. The second kappa shape index (κ2) is 7.82. The summed E-state index contributed by atoms with van der Waals surface area (Å²) in [4.78, 5) is 25.5. The highest BCUT2D eigenvalue weighted by molar-refractivity contribution is 5.85. The molecule has 0 spiro atoms. The number of amides is 1. The van der Waals surface area contributed by atoms with E-state index < -0.39 is 5.91 Å². The second-order valence-electron chi connectivity index (χ2n) is 6.51. The predicted molar refractivity (Wildman–Crippen MR) is 118 cm³/mol. The van der Waals surface area contributed by atoms with Crippen LogP contribution >= 0.6 is 0 Å². The van der Waals surface area contributed by atoms with E-state index in [4.69, 9.17) is 0 Å². The Morgan fingerprint density at radius 1 is 0.724 bits per heavy atom. The molecule has 0 fully saturated rings. The summed E-state index contributed by atoms with van der Waals surface area (Å²) in [6, 6.07) is 16.4. The summed E-state index contributed by atoms with van der Waals surface area (Å²) in [6.07, 6.45) is 9.10. The van der Waals surface area contributed by atoms with Crippen molar-refractivity contribution in [1.82, 2.24) is 19.9 Å². The molecule has 3 aromatic rings. The first kappa shape index (κ1) is 18.2. The normalized spacial score (nSPS) is 11.6. The molecule has 0 atom stereocenters. The predicted octanol–water partition coefficient (Wildman–Crippen LogP) is 4.31. The molecular weight excluding hydrogens is 362 g/mol. The zero-order chi connectivity index (χ0) is 20.2. The van der Waals surface area contributed by atoms with Crippen molar-refractivity contribution < 1.29 is 4.79 Å². The van der Waals surface area contributed by atoms with E-state index in [2.05, 4.69) is 62.6 Å². The van der Waals surface area contributed by atoms with Crippen molar-refractivity contribution in [2.45, 2.75) is 0 Å². The second-order valence-corrected chi connectivity index (χ2v) is 6.51. The topological polar surface area (TPSA) is 100 Å². The minimum absolute atomic E-state index is 0.481.